The summed E-state index contributed by atoms with van der Waals surface area (Å²) < 4.78 is 20.1. The monoisotopic (exact) mass is 441 g/mol. The molecular formula is C23H21ClFN3O3. The van der Waals surface area contributed by atoms with E-state index in [1.807, 2.05) is 0 Å². The van der Waals surface area contributed by atoms with Gasteiger partial charge in [0.2, 0.25) is 0 Å². The average Bonchev–Trinajstić information content (AvgIpc) is 3.04. The molecule has 1 heterocycles. The number of amides is 1. The highest BCUT2D eigenvalue weighted by atomic mass is 35.5. The van der Waals surface area contributed by atoms with Crippen molar-refractivity contribution in [2.75, 3.05) is 20.7 Å². The number of likely N-dealkylation sites (N-methyl/N-ethyl adjacent to an activating group) is 1. The Kier molecular flexibility index (Phi) is 6.87. The summed E-state index contributed by atoms with van der Waals surface area (Å²) in [5.41, 5.74) is 2.23. The lowest BCUT2D eigenvalue weighted by molar-refractivity contribution is -0.130. The lowest BCUT2D eigenvalue weighted by Gasteiger charge is -2.11. The van der Waals surface area contributed by atoms with Gasteiger partial charge in [-0.05, 0) is 55.5 Å². The maximum Gasteiger partial charge on any atom is 0.259 e. The number of benzene rings is 2. The van der Waals surface area contributed by atoms with Gasteiger partial charge in [-0.25, -0.2) is 9.07 Å². The van der Waals surface area contributed by atoms with Crippen molar-refractivity contribution in [2.24, 2.45) is 0 Å². The number of hydrogen-bond acceptors (Lipinski definition) is 4. The molecule has 0 spiro atoms. The molecule has 0 unspecified atom stereocenters. The number of aromatic nitrogens is 2. The number of halogens is 2. The third-order valence-corrected chi connectivity index (χ3v) is 4.86. The molecule has 0 aliphatic heterocycles. The number of ether oxygens (including phenoxy) is 1. The smallest absolute Gasteiger partial charge is 0.259 e. The molecule has 0 atom stereocenters. The van der Waals surface area contributed by atoms with Crippen LogP contribution in [-0.2, 0) is 4.79 Å². The summed E-state index contributed by atoms with van der Waals surface area (Å²) in [5, 5.41) is 4.69. The van der Waals surface area contributed by atoms with Crippen molar-refractivity contribution in [3.63, 3.8) is 0 Å². The number of hydrogen-bond donors (Lipinski definition) is 0. The van der Waals surface area contributed by atoms with Gasteiger partial charge in [0.1, 0.15) is 16.7 Å². The van der Waals surface area contributed by atoms with Crippen LogP contribution in [-0.4, -0.2) is 47.1 Å². The Hall–Kier alpha value is -3.45. The third-order valence-electron chi connectivity index (χ3n) is 4.50. The first-order valence-electron chi connectivity index (χ1n) is 9.42. The Balaban J connectivity index is 1.76. The molecule has 2 aromatic carbocycles. The van der Waals surface area contributed by atoms with E-state index in [1.54, 1.807) is 63.5 Å². The van der Waals surface area contributed by atoms with Crippen molar-refractivity contribution < 1.29 is 18.7 Å². The molecule has 3 rings (SSSR count). The molecule has 0 saturated carbocycles. The number of carbonyl (C=O) groups is 2. The van der Waals surface area contributed by atoms with Crippen molar-refractivity contribution in [1.82, 2.24) is 14.7 Å². The molecule has 1 aromatic heterocycles. The fourth-order valence-corrected chi connectivity index (χ4v) is 3.06. The fraction of sp³-hybridized carbons (Fsp3) is 0.174. The minimum Gasteiger partial charge on any atom is -0.484 e. The van der Waals surface area contributed by atoms with Crippen LogP contribution < -0.4 is 4.74 Å². The standard InChI is InChI=1S/C23H21ClFN3O3/c1-15-20(23(24)28(26-15)18-9-7-17(25)8-10-18)11-12-21(29)16-5-4-6-19(13-16)31-14-22(30)27(2)3/h4-13H,14H2,1-3H3/b12-11+. The van der Waals surface area contributed by atoms with Crippen LogP contribution in [0.4, 0.5) is 4.39 Å². The highest BCUT2D eigenvalue weighted by Crippen LogP contribution is 2.25. The van der Waals surface area contributed by atoms with E-state index in [0.717, 1.165) is 0 Å². The van der Waals surface area contributed by atoms with Crippen molar-refractivity contribution in [1.29, 1.82) is 0 Å². The van der Waals surface area contributed by atoms with Gasteiger partial charge in [0.15, 0.2) is 12.4 Å². The van der Waals surface area contributed by atoms with Crippen LogP contribution in [0.1, 0.15) is 21.6 Å². The van der Waals surface area contributed by atoms with Crippen LogP contribution in [0.5, 0.6) is 5.75 Å². The molecule has 0 fully saturated rings. The highest BCUT2D eigenvalue weighted by molar-refractivity contribution is 6.31. The highest BCUT2D eigenvalue weighted by Gasteiger charge is 2.14. The molecule has 0 aliphatic rings. The van der Waals surface area contributed by atoms with E-state index in [2.05, 4.69) is 5.10 Å². The second kappa shape index (κ2) is 9.57. The van der Waals surface area contributed by atoms with Gasteiger partial charge in [-0.3, -0.25) is 9.59 Å². The quantitative estimate of drug-likeness (QED) is 0.404. The van der Waals surface area contributed by atoms with Crippen molar-refractivity contribution in [2.45, 2.75) is 6.92 Å². The molecule has 0 radical (unpaired) electrons. The number of nitrogens with zero attached hydrogens (tertiary/aromatic N) is 3. The lowest BCUT2D eigenvalue weighted by Crippen LogP contribution is -2.27. The predicted octanol–water partition coefficient (Wildman–Crippen LogP) is 4.34. The molecule has 6 nitrogen and oxygen atoms in total. The molecule has 0 aliphatic carbocycles. The molecule has 0 saturated heterocycles. The zero-order chi connectivity index (χ0) is 22.5. The first kappa shape index (κ1) is 22.2. The minimum atomic E-state index is -0.355. The SMILES string of the molecule is Cc1nn(-c2ccc(F)cc2)c(Cl)c1/C=C/C(=O)c1cccc(OCC(=O)N(C)C)c1. The van der Waals surface area contributed by atoms with Crippen molar-refractivity contribution in [3.8, 4) is 11.4 Å². The maximum absolute atomic E-state index is 13.2. The van der Waals surface area contributed by atoms with E-state index in [-0.39, 0.29) is 24.1 Å². The largest absolute Gasteiger partial charge is 0.484 e. The Morgan fingerprint density at radius 2 is 1.90 bits per heavy atom. The molecule has 160 valence electrons. The Labute approximate surface area is 184 Å². The van der Waals surface area contributed by atoms with Crippen LogP contribution in [0.25, 0.3) is 11.8 Å². The number of aryl methyl sites for hydroxylation is 1. The predicted molar refractivity (Wildman–Crippen MR) is 117 cm³/mol. The van der Waals surface area contributed by atoms with Crippen LogP contribution in [0.15, 0.2) is 54.6 Å². The number of carbonyl (C=O) groups excluding carboxylic acids is 2. The van der Waals surface area contributed by atoms with E-state index < -0.39 is 0 Å². The summed E-state index contributed by atoms with van der Waals surface area (Å²) in [7, 11) is 3.28. The van der Waals surface area contributed by atoms with E-state index in [0.29, 0.717) is 33.4 Å². The van der Waals surface area contributed by atoms with E-state index >= 15 is 0 Å². The summed E-state index contributed by atoms with van der Waals surface area (Å²) in [6.07, 6.45) is 2.99. The van der Waals surface area contributed by atoms with Gasteiger partial charge in [-0.1, -0.05) is 23.7 Å². The average molecular weight is 442 g/mol. The van der Waals surface area contributed by atoms with Gasteiger partial charge in [0, 0.05) is 25.2 Å². The Morgan fingerprint density at radius 3 is 2.58 bits per heavy atom. The summed E-state index contributed by atoms with van der Waals surface area (Å²) in [5.74, 6) is -0.367. The van der Waals surface area contributed by atoms with E-state index in [4.69, 9.17) is 16.3 Å². The normalized spacial score (nSPS) is 11.0. The van der Waals surface area contributed by atoms with Gasteiger partial charge in [0.25, 0.3) is 5.91 Å². The zero-order valence-corrected chi connectivity index (χ0v) is 18.1. The molecule has 3 aromatic rings. The number of rotatable bonds is 7. The molecule has 31 heavy (non-hydrogen) atoms. The Bertz CT molecular complexity index is 1140. The zero-order valence-electron chi connectivity index (χ0n) is 17.3. The van der Waals surface area contributed by atoms with Crippen molar-refractivity contribution in [3.05, 3.63) is 82.4 Å². The van der Waals surface area contributed by atoms with E-state index in [1.165, 1.54) is 27.8 Å². The lowest BCUT2D eigenvalue weighted by atomic mass is 10.1. The second-order valence-corrected chi connectivity index (χ2v) is 7.34. The topological polar surface area (TPSA) is 64.4 Å². The van der Waals surface area contributed by atoms with Gasteiger partial charge >= 0.3 is 0 Å². The summed E-state index contributed by atoms with van der Waals surface area (Å²) in [4.78, 5) is 25.7. The summed E-state index contributed by atoms with van der Waals surface area (Å²) in [6, 6.07) is 12.4. The molecule has 0 bridgehead atoms. The second-order valence-electron chi connectivity index (χ2n) is 6.98. The first-order chi connectivity index (χ1) is 14.8. The molecule has 8 heteroatoms. The van der Waals surface area contributed by atoms with Crippen LogP contribution in [0, 0.1) is 12.7 Å². The summed E-state index contributed by atoms with van der Waals surface area (Å²) in [6.45, 7) is 1.66. The number of allylic oxidation sites excluding steroid dienone is 1. The van der Waals surface area contributed by atoms with Crippen LogP contribution in [0.2, 0.25) is 5.15 Å². The molecule has 1 amide bonds. The van der Waals surface area contributed by atoms with Crippen LogP contribution in [0.3, 0.4) is 0 Å². The molecule has 0 N–H and O–H groups in total. The van der Waals surface area contributed by atoms with Gasteiger partial charge in [-0.2, -0.15) is 5.10 Å². The fourth-order valence-electron chi connectivity index (χ4n) is 2.72. The van der Waals surface area contributed by atoms with Crippen LogP contribution >= 0.6 is 11.6 Å². The number of ketones is 1. The summed E-state index contributed by atoms with van der Waals surface area (Å²) >= 11 is 6.44. The van der Waals surface area contributed by atoms with Gasteiger partial charge < -0.3 is 9.64 Å². The maximum atomic E-state index is 13.2. The molecular weight excluding hydrogens is 421 g/mol. The van der Waals surface area contributed by atoms with Gasteiger partial charge in [-0.15, -0.1) is 0 Å². The minimum absolute atomic E-state index is 0.113. The van der Waals surface area contributed by atoms with Gasteiger partial charge in [0.05, 0.1) is 11.4 Å². The Morgan fingerprint density at radius 1 is 1.19 bits per heavy atom. The van der Waals surface area contributed by atoms with Crippen molar-refractivity contribution >= 4 is 29.4 Å². The third kappa shape index (κ3) is 5.38. The first-order valence-corrected chi connectivity index (χ1v) is 9.80. The van der Waals surface area contributed by atoms with E-state index in [9.17, 15) is 14.0 Å².